The molecule has 1 unspecified atom stereocenters. The number of aliphatic hydroxyl groups excluding tert-OH is 1. The Morgan fingerprint density at radius 1 is 1.21 bits per heavy atom. The number of hydrogen-bond donors (Lipinski definition) is 1. The maximum Gasteiger partial charge on any atom is 0.339 e. The Morgan fingerprint density at radius 3 is 2.58 bits per heavy atom. The van der Waals surface area contributed by atoms with E-state index in [1.165, 1.54) is 26.6 Å². The van der Waals surface area contributed by atoms with E-state index in [0.717, 1.165) is 0 Å². The molecule has 9 nitrogen and oxygen atoms in total. The molecule has 0 aromatic carbocycles. The number of methoxy groups -OCH3 is 1. The van der Waals surface area contributed by atoms with E-state index in [-0.39, 0.29) is 24.5 Å². The van der Waals surface area contributed by atoms with Crippen LogP contribution in [-0.4, -0.2) is 48.1 Å². The predicted octanol–water partition coefficient (Wildman–Crippen LogP) is 3.62. The summed E-state index contributed by atoms with van der Waals surface area (Å²) in [6, 6.07) is 1.74. The number of carbonyl (C=O) groups is 4. The van der Waals surface area contributed by atoms with Crippen molar-refractivity contribution in [2.45, 2.75) is 71.7 Å². The summed E-state index contributed by atoms with van der Waals surface area (Å²) in [5.74, 6) is -2.67. The molecule has 2 heterocycles. The maximum absolute atomic E-state index is 14.0. The molecule has 2 fully saturated rings. The number of esters is 3. The Hall–Kier alpha value is -3.20. The fourth-order valence-corrected chi connectivity index (χ4v) is 7.85. The van der Waals surface area contributed by atoms with Gasteiger partial charge in [0.25, 0.3) is 0 Å². The first kappa shape index (κ1) is 26.4. The third kappa shape index (κ3) is 3.61. The van der Waals surface area contributed by atoms with Gasteiger partial charge in [-0.1, -0.05) is 26.8 Å². The SMILES string of the molecule is COC(=O)CC1[C@]2(C)C(=O)C[C@@]1(C)[C@H](OC(C)=O)/C=C\C1=C3[C@@H](O)C(=O)O[C@@H](c4ccoc4)[C@]3(C)CC[C@@H]12. The van der Waals surface area contributed by atoms with Crippen molar-refractivity contribution in [2.75, 3.05) is 7.11 Å². The minimum absolute atomic E-state index is 0.0283. The first-order valence-electron chi connectivity index (χ1n) is 13.0. The molecular weight excluding hydrogens is 492 g/mol. The van der Waals surface area contributed by atoms with Gasteiger partial charge in [-0.3, -0.25) is 14.4 Å². The van der Waals surface area contributed by atoms with Crippen LogP contribution in [0.4, 0.5) is 0 Å². The fraction of sp³-hybridized carbons (Fsp3) is 0.586. The van der Waals surface area contributed by atoms with E-state index in [4.69, 9.17) is 18.6 Å². The van der Waals surface area contributed by atoms with Gasteiger partial charge < -0.3 is 23.7 Å². The second-order valence-corrected chi connectivity index (χ2v) is 11.8. The summed E-state index contributed by atoms with van der Waals surface area (Å²) >= 11 is 0. The second kappa shape index (κ2) is 8.93. The average Bonchev–Trinajstić information content (AvgIpc) is 3.46. The zero-order valence-corrected chi connectivity index (χ0v) is 22.3. The molecule has 204 valence electrons. The molecule has 1 saturated carbocycles. The van der Waals surface area contributed by atoms with Crippen molar-refractivity contribution >= 4 is 23.7 Å². The van der Waals surface area contributed by atoms with Gasteiger partial charge >= 0.3 is 17.9 Å². The number of ether oxygens (including phenoxy) is 3. The van der Waals surface area contributed by atoms with Crippen LogP contribution in [0.5, 0.6) is 0 Å². The Bertz CT molecular complexity index is 1240. The van der Waals surface area contributed by atoms with Crippen molar-refractivity contribution < 1.29 is 42.9 Å². The highest BCUT2D eigenvalue weighted by Crippen LogP contribution is 2.66. The number of rotatable bonds is 4. The lowest BCUT2D eigenvalue weighted by molar-refractivity contribution is -0.175. The minimum atomic E-state index is -1.53. The molecule has 0 spiro atoms. The topological polar surface area (TPSA) is 129 Å². The van der Waals surface area contributed by atoms with E-state index in [1.54, 1.807) is 12.1 Å². The van der Waals surface area contributed by atoms with Crippen LogP contribution in [0.2, 0.25) is 0 Å². The van der Waals surface area contributed by atoms with Crippen LogP contribution < -0.4 is 0 Å². The number of furan rings is 1. The molecule has 0 radical (unpaired) electrons. The highest BCUT2D eigenvalue weighted by Gasteiger charge is 2.67. The van der Waals surface area contributed by atoms with E-state index in [9.17, 15) is 24.3 Å². The van der Waals surface area contributed by atoms with E-state index in [2.05, 4.69) is 0 Å². The van der Waals surface area contributed by atoms with Crippen LogP contribution in [0.25, 0.3) is 0 Å². The van der Waals surface area contributed by atoms with Crippen molar-refractivity contribution in [1.29, 1.82) is 0 Å². The molecule has 2 bridgehead atoms. The van der Waals surface area contributed by atoms with E-state index in [1.807, 2.05) is 26.8 Å². The van der Waals surface area contributed by atoms with Crippen LogP contribution in [0, 0.1) is 28.1 Å². The van der Waals surface area contributed by atoms with Gasteiger partial charge in [0.15, 0.2) is 6.10 Å². The van der Waals surface area contributed by atoms with E-state index in [0.29, 0.717) is 29.6 Å². The number of ketones is 1. The molecule has 1 aromatic rings. The molecule has 38 heavy (non-hydrogen) atoms. The number of hydrogen-bond acceptors (Lipinski definition) is 9. The lowest BCUT2D eigenvalue weighted by Gasteiger charge is -2.53. The number of allylic oxidation sites excluding steroid dienone is 2. The van der Waals surface area contributed by atoms with Gasteiger partial charge in [-0.15, -0.1) is 0 Å². The van der Waals surface area contributed by atoms with E-state index < -0.39 is 58.4 Å². The van der Waals surface area contributed by atoms with Crippen LogP contribution in [0.3, 0.4) is 0 Å². The average molecular weight is 527 g/mol. The Balaban J connectivity index is 1.76. The molecule has 1 N–H and O–H groups in total. The van der Waals surface area contributed by atoms with Crippen molar-refractivity contribution in [2.24, 2.45) is 28.1 Å². The fourth-order valence-electron chi connectivity index (χ4n) is 7.85. The van der Waals surface area contributed by atoms with Crippen molar-refractivity contribution in [3.63, 3.8) is 0 Å². The summed E-state index contributed by atoms with van der Waals surface area (Å²) in [6.45, 7) is 7.01. The van der Waals surface area contributed by atoms with Gasteiger partial charge in [0.2, 0.25) is 0 Å². The summed E-state index contributed by atoms with van der Waals surface area (Å²) in [5, 5.41) is 11.3. The molecule has 3 aliphatic carbocycles. The zero-order valence-electron chi connectivity index (χ0n) is 22.3. The third-order valence-corrected chi connectivity index (χ3v) is 9.79. The third-order valence-electron chi connectivity index (χ3n) is 9.79. The minimum Gasteiger partial charge on any atom is -0.472 e. The molecule has 8 atom stereocenters. The quantitative estimate of drug-likeness (QED) is 0.462. The normalized spacial score (nSPS) is 40.8. The summed E-state index contributed by atoms with van der Waals surface area (Å²) in [6.07, 6.45) is 4.74. The van der Waals surface area contributed by atoms with Crippen LogP contribution >= 0.6 is 0 Å². The van der Waals surface area contributed by atoms with Gasteiger partial charge in [0.05, 0.1) is 19.6 Å². The monoisotopic (exact) mass is 526 g/mol. The molecule has 1 aromatic heterocycles. The molecule has 0 amide bonds. The number of Topliss-reactive ketones (excluding diaryl/α,β-unsaturated/α-hetero) is 1. The maximum atomic E-state index is 14.0. The van der Waals surface area contributed by atoms with E-state index >= 15 is 0 Å². The standard InChI is InChI=1S/C29H34O9/c1-15(30)37-21-7-6-17-18(29(4)19(12-22(32)35-5)28(21,3)13-20(29)31)8-10-27(2)23(17)24(33)26(34)38-25(27)16-9-11-36-14-16/h6-7,9,11,14,18-19,21,24-25,33H,8,10,12-13H2,1-5H3/b7-6-/t18-,19?,21+,24+,25-,27+,28+,29+/m0/s1. The van der Waals surface area contributed by atoms with Crippen molar-refractivity contribution in [1.82, 2.24) is 0 Å². The molecule has 5 rings (SSSR count). The molecular formula is C29H34O9. The molecule has 1 saturated heterocycles. The number of carbonyl (C=O) groups excluding carboxylic acids is 4. The molecule has 1 aliphatic heterocycles. The smallest absolute Gasteiger partial charge is 0.339 e. The second-order valence-electron chi connectivity index (χ2n) is 11.8. The lowest BCUT2D eigenvalue weighted by atomic mass is 9.52. The van der Waals surface area contributed by atoms with Gasteiger partial charge in [-0.05, 0) is 48.0 Å². The lowest BCUT2D eigenvalue weighted by Crippen LogP contribution is -2.53. The van der Waals surface area contributed by atoms with Crippen LogP contribution in [0.1, 0.15) is 65.0 Å². The van der Waals surface area contributed by atoms with Gasteiger partial charge in [-0.25, -0.2) is 4.79 Å². The Labute approximate surface area is 221 Å². The zero-order chi connectivity index (χ0) is 27.6. The molecule has 9 heteroatoms. The van der Waals surface area contributed by atoms with Crippen LogP contribution in [0.15, 0.2) is 46.3 Å². The van der Waals surface area contributed by atoms with Crippen LogP contribution in [-0.2, 0) is 33.4 Å². The number of aliphatic hydroxyl groups is 1. The Morgan fingerprint density at radius 2 is 1.95 bits per heavy atom. The first-order chi connectivity index (χ1) is 17.9. The van der Waals surface area contributed by atoms with Gasteiger partial charge in [-0.2, -0.15) is 0 Å². The van der Waals surface area contributed by atoms with Gasteiger partial charge in [0, 0.05) is 41.6 Å². The summed E-state index contributed by atoms with van der Waals surface area (Å²) in [7, 11) is 1.31. The Kier molecular flexibility index (Phi) is 6.21. The summed E-state index contributed by atoms with van der Waals surface area (Å²) in [5.41, 5.74) is -0.817. The highest BCUT2D eigenvalue weighted by molar-refractivity contribution is 5.91. The summed E-state index contributed by atoms with van der Waals surface area (Å²) < 4.78 is 21.8. The van der Waals surface area contributed by atoms with Gasteiger partial charge in [0.1, 0.15) is 18.0 Å². The number of cyclic esters (lactones) is 1. The largest absolute Gasteiger partial charge is 0.472 e. The predicted molar refractivity (Wildman–Crippen MR) is 132 cm³/mol. The van der Waals surface area contributed by atoms with Crippen molar-refractivity contribution in [3.8, 4) is 0 Å². The number of fused-ring (bicyclic) bond motifs is 5. The van der Waals surface area contributed by atoms with Crippen molar-refractivity contribution in [3.05, 3.63) is 47.5 Å². The molecule has 4 aliphatic rings. The summed E-state index contributed by atoms with van der Waals surface area (Å²) in [4.78, 5) is 51.8. The first-order valence-corrected chi connectivity index (χ1v) is 13.0. The highest BCUT2D eigenvalue weighted by atomic mass is 16.6.